The monoisotopic (exact) mass is 249 g/mol. The molecule has 5 nitrogen and oxygen atoms in total. The van der Waals surface area contributed by atoms with Gasteiger partial charge >= 0.3 is 0 Å². The molecular formula is C13H15NO4. The van der Waals surface area contributed by atoms with E-state index in [9.17, 15) is 9.59 Å². The van der Waals surface area contributed by atoms with Crippen LogP contribution in [0, 0.1) is 0 Å². The van der Waals surface area contributed by atoms with Crippen LogP contribution >= 0.6 is 0 Å². The molecule has 0 saturated heterocycles. The number of ketones is 1. The van der Waals surface area contributed by atoms with Crippen LogP contribution in [-0.4, -0.2) is 32.5 Å². The fraction of sp³-hybridized carbons (Fsp3) is 0.385. The normalized spacial score (nSPS) is 14.2. The third-order valence-corrected chi connectivity index (χ3v) is 3.03. The Morgan fingerprint density at radius 3 is 2.56 bits per heavy atom. The third kappa shape index (κ3) is 1.81. The Morgan fingerprint density at radius 2 is 2.00 bits per heavy atom. The molecule has 0 aliphatic carbocycles. The standard InChI is InChI=1S/C13H15NO4/c1-8(15)14-7-6-10(16)9-4-5-11(17-2)13(18-3)12(9)14/h4-5H,6-7H2,1-3H3. The zero-order chi connectivity index (χ0) is 13.3. The van der Waals surface area contributed by atoms with Crippen molar-refractivity contribution in [2.75, 3.05) is 25.7 Å². The predicted octanol–water partition coefficient (Wildman–Crippen LogP) is 1.64. The van der Waals surface area contributed by atoms with E-state index < -0.39 is 0 Å². The van der Waals surface area contributed by atoms with E-state index >= 15 is 0 Å². The molecule has 0 N–H and O–H groups in total. The Labute approximate surface area is 105 Å². The van der Waals surface area contributed by atoms with Gasteiger partial charge < -0.3 is 14.4 Å². The first-order valence-electron chi connectivity index (χ1n) is 5.66. The van der Waals surface area contributed by atoms with Gasteiger partial charge in [0.2, 0.25) is 5.91 Å². The molecule has 5 heteroatoms. The fourth-order valence-corrected chi connectivity index (χ4v) is 2.18. The van der Waals surface area contributed by atoms with Crippen LogP contribution in [0.5, 0.6) is 11.5 Å². The van der Waals surface area contributed by atoms with Crippen LogP contribution in [-0.2, 0) is 4.79 Å². The van der Waals surface area contributed by atoms with Crippen molar-refractivity contribution in [1.82, 2.24) is 0 Å². The molecule has 1 aromatic carbocycles. The average Bonchev–Trinajstić information content (AvgIpc) is 2.37. The SMILES string of the molecule is COc1ccc2c(c1OC)N(C(C)=O)CCC2=O. The number of nitrogens with zero attached hydrogens (tertiary/aromatic N) is 1. The Bertz CT molecular complexity index is 510. The van der Waals surface area contributed by atoms with Gasteiger partial charge in [0.15, 0.2) is 17.3 Å². The minimum atomic E-state index is -0.115. The third-order valence-electron chi connectivity index (χ3n) is 3.03. The van der Waals surface area contributed by atoms with Crippen LogP contribution in [0.1, 0.15) is 23.7 Å². The van der Waals surface area contributed by atoms with E-state index in [0.717, 1.165) is 0 Å². The molecule has 0 saturated carbocycles. The van der Waals surface area contributed by atoms with Crippen molar-refractivity contribution in [2.24, 2.45) is 0 Å². The number of carbonyl (C=O) groups excluding carboxylic acids is 2. The number of rotatable bonds is 2. The topological polar surface area (TPSA) is 55.8 Å². The lowest BCUT2D eigenvalue weighted by Crippen LogP contribution is -2.36. The number of fused-ring (bicyclic) bond motifs is 1. The number of amides is 1. The number of methoxy groups -OCH3 is 2. The van der Waals surface area contributed by atoms with Crippen LogP contribution < -0.4 is 14.4 Å². The van der Waals surface area contributed by atoms with Gasteiger partial charge in [-0.15, -0.1) is 0 Å². The number of ether oxygens (including phenoxy) is 2. The summed E-state index contributed by atoms with van der Waals surface area (Å²) in [5.41, 5.74) is 1.02. The summed E-state index contributed by atoms with van der Waals surface area (Å²) < 4.78 is 10.5. The highest BCUT2D eigenvalue weighted by molar-refractivity contribution is 6.10. The molecular weight excluding hydrogens is 234 g/mol. The van der Waals surface area contributed by atoms with E-state index in [4.69, 9.17) is 9.47 Å². The smallest absolute Gasteiger partial charge is 0.223 e. The number of Topliss-reactive ketones (excluding diaryl/α,β-unsaturated/α-hetero) is 1. The Morgan fingerprint density at radius 1 is 1.28 bits per heavy atom. The van der Waals surface area contributed by atoms with Gasteiger partial charge in [0.05, 0.1) is 14.2 Å². The first-order chi connectivity index (χ1) is 8.60. The van der Waals surface area contributed by atoms with Gasteiger partial charge in [-0.05, 0) is 12.1 Å². The van der Waals surface area contributed by atoms with Crippen LogP contribution in [0.15, 0.2) is 12.1 Å². The maximum atomic E-state index is 11.9. The lowest BCUT2D eigenvalue weighted by Gasteiger charge is -2.29. The van der Waals surface area contributed by atoms with Crippen molar-refractivity contribution in [2.45, 2.75) is 13.3 Å². The molecule has 0 bridgehead atoms. The molecule has 1 aliphatic rings. The Hall–Kier alpha value is -2.04. The maximum Gasteiger partial charge on any atom is 0.223 e. The van der Waals surface area contributed by atoms with Gasteiger partial charge in [-0.2, -0.15) is 0 Å². The summed E-state index contributed by atoms with van der Waals surface area (Å²) in [4.78, 5) is 25.1. The highest BCUT2D eigenvalue weighted by Crippen LogP contribution is 2.42. The van der Waals surface area contributed by atoms with E-state index in [0.29, 0.717) is 35.7 Å². The van der Waals surface area contributed by atoms with Gasteiger partial charge in [0.1, 0.15) is 5.69 Å². The van der Waals surface area contributed by atoms with E-state index in [1.165, 1.54) is 21.1 Å². The lowest BCUT2D eigenvalue weighted by atomic mass is 9.99. The number of hydrogen-bond donors (Lipinski definition) is 0. The second kappa shape index (κ2) is 4.68. The van der Waals surface area contributed by atoms with Crippen molar-refractivity contribution in [3.8, 4) is 11.5 Å². The summed E-state index contributed by atoms with van der Waals surface area (Å²) in [5, 5.41) is 0. The molecule has 2 rings (SSSR count). The molecule has 0 atom stereocenters. The molecule has 96 valence electrons. The second-order valence-corrected chi connectivity index (χ2v) is 4.04. The Kier molecular flexibility index (Phi) is 3.23. The predicted molar refractivity (Wildman–Crippen MR) is 66.5 cm³/mol. The molecule has 0 radical (unpaired) electrons. The van der Waals surface area contributed by atoms with Gasteiger partial charge in [0, 0.05) is 25.5 Å². The summed E-state index contributed by atoms with van der Waals surface area (Å²) in [7, 11) is 3.02. The highest BCUT2D eigenvalue weighted by Gasteiger charge is 2.30. The first-order valence-corrected chi connectivity index (χ1v) is 5.66. The van der Waals surface area contributed by atoms with Crippen LogP contribution in [0.2, 0.25) is 0 Å². The van der Waals surface area contributed by atoms with Crippen molar-refractivity contribution >= 4 is 17.4 Å². The van der Waals surface area contributed by atoms with E-state index in [2.05, 4.69) is 0 Å². The van der Waals surface area contributed by atoms with Crippen molar-refractivity contribution in [1.29, 1.82) is 0 Å². The fourth-order valence-electron chi connectivity index (χ4n) is 2.18. The molecule has 18 heavy (non-hydrogen) atoms. The molecule has 0 unspecified atom stereocenters. The zero-order valence-corrected chi connectivity index (χ0v) is 10.6. The van der Waals surface area contributed by atoms with E-state index in [-0.39, 0.29) is 11.7 Å². The summed E-state index contributed by atoms with van der Waals surface area (Å²) in [5.74, 6) is 0.842. The van der Waals surface area contributed by atoms with Gasteiger partial charge in [0.25, 0.3) is 0 Å². The van der Waals surface area contributed by atoms with Gasteiger partial charge in [-0.25, -0.2) is 0 Å². The van der Waals surface area contributed by atoms with Gasteiger partial charge in [-0.1, -0.05) is 0 Å². The lowest BCUT2D eigenvalue weighted by molar-refractivity contribution is -0.116. The first kappa shape index (κ1) is 12.4. The van der Waals surface area contributed by atoms with Crippen molar-refractivity contribution < 1.29 is 19.1 Å². The molecule has 0 aromatic heterocycles. The quantitative estimate of drug-likeness (QED) is 0.799. The van der Waals surface area contributed by atoms with Crippen molar-refractivity contribution in [3.63, 3.8) is 0 Å². The van der Waals surface area contributed by atoms with Crippen LogP contribution in [0.25, 0.3) is 0 Å². The van der Waals surface area contributed by atoms with Crippen molar-refractivity contribution in [3.05, 3.63) is 17.7 Å². The molecule has 0 fully saturated rings. The van der Waals surface area contributed by atoms with Crippen LogP contribution in [0.4, 0.5) is 5.69 Å². The summed E-state index contributed by atoms with van der Waals surface area (Å²) in [6.07, 6.45) is 0.335. The summed E-state index contributed by atoms with van der Waals surface area (Å²) >= 11 is 0. The van der Waals surface area contributed by atoms with Crippen LogP contribution in [0.3, 0.4) is 0 Å². The largest absolute Gasteiger partial charge is 0.493 e. The molecule has 1 heterocycles. The Balaban J connectivity index is 2.68. The maximum absolute atomic E-state index is 11.9. The van der Waals surface area contributed by atoms with E-state index in [1.807, 2.05) is 0 Å². The summed E-state index contributed by atoms with van der Waals surface area (Å²) in [6, 6.07) is 3.35. The number of anilines is 1. The molecule has 0 spiro atoms. The minimum Gasteiger partial charge on any atom is -0.493 e. The number of carbonyl (C=O) groups is 2. The van der Waals surface area contributed by atoms with E-state index in [1.54, 1.807) is 17.0 Å². The van der Waals surface area contributed by atoms with Gasteiger partial charge in [-0.3, -0.25) is 9.59 Å². The summed E-state index contributed by atoms with van der Waals surface area (Å²) in [6.45, 7) is 1.85. The molecule has 1 amide bonds. The minimum absolute atomic E-state index is 0.0171. The highest BCUT2D eigenvalue weighted by atomic mass is 16.5. The number of benzene rings is 1. The molecule has 1 aliphatic heterocycles. The number of hydrogen-bond acceptors (Lipinski definition) is 4. The average molecular weight is 249 g/mol. The second-order valence-electron chi connectivity index (χ2n) is 4.04. The zero-order valence-electron chi connectivity index (χ0n) is 10.6. The molecule has 1 aromatic rings.